The van der Waals surface area contributed by atoms with Crippen molar-refractivity contribution in [3.63, 3.8) is 0 Å². The number of nitrogens with zero attached hydrogens (tertiary/aromatic N) is 1. The summed E-state index contributed by atoms with van der Waals surface area (Å²) in [6.07, 6.45) is 0. The highest BCUT2D eigenvalue weighted by atomic mass is 16.6. The highest BCUT2D eigenvalue weighted by molar-refractivity contribution is 5.66. The van der Waals surface area contributed by atoms with Crippen LogP contribution in [0.1, 0.15) is 0 Å². The van der Waals surface area contributed by atoms with Crippen molar-refractivity contribution in [2.75, 3.05) is 0 Å². The third-order valence-electron chi connectivity index (χ3n) is 2.13. The van der Waals surface area contributed by atoms with Crippen LogP contribution >= 0.6 is 0 Å². The molecule has 2 aromatic carbocycles. The molecule has 0 aromatic heterocycles. The number of non-ortho nitro benzene ring substituents is 1. The molecule has 5 heteroatoms. The summed E-state index contributed by atoms with van der Waals surface area (Å²) in [4.78, 5) is 31.5. The zero-order valence-corrected chi connectivity index (χ0v) is 7.47. The summed E-state index contributed by atoms with van der Waals surface area (Å²) in [6, 6.07) is 6.73. The Kier molecular flexibility index (Phi) is 1.93. The van der Waals surface area contributed by atoms with Crippen LogP contribution in [0.4, 0.5) is 5.69 Å². The van der Waals surface area contributed by atoms with Crippen LogP contribution in [0.25, 0.3) is 11.1 Å². The molecule has 74 valence electrons. The Morgan fingerprint density at radius 2 is 1.67 bits per heavy atom. The lowest BCUT2D eigenvalue weighted by Crippen LogP contribution is -2.30. The van der Waals surface area contributed by atoms with Crippen LogP contribution in [0.5, 0.6) is 0 Å². The summed E-state index contributed by atoms with van der Waals surface area (Å²) in [6.45, 7) is 0. The summed E-state index contributed by atoms with van der Waals surface area (Å²) < 4.78 is 0. The SMILES string of the molecule is O=c1cc(-c2ccc([N+](=O)[O-])cc2)c1=O. The fraction of sp³-hybridized carbons (Fsp3) is 0. The van der Waals surface area contributed by atoms with E-state index in [1.807, 2.05) is 0 Å². The maximum absolute atomic E-state index is 11.0. The Labute approximate surface area is 83.4 Å². The smallest absolute Gasteiger partial charge is 0.269 e. The molecule has 0 atom stereocenters. The van der Waals surface area contributed by atoms with Crippen molar-refractivity contribution in [1.29, 1.82) is 0 Å². The van der Waals surface area contributed by atoms with Gasteiger partial charge < -0.3 is 0 Å². The molecule has 0 aliphatic rings. The number of hydrogen-bond acceptors (Lipinski definition) is 4. The highest BCUT2D eigenvalue weighted by Crippen LogP contribution is 2.19. The van der Waals surface area contributed by atoms with Gasteiger partial charge in [0.25, 0.3) is 5.69 Å². The third-order valence-corrected chi connectivity index (χ3v) is 2.13. The van der Waals surface area contributed by atoms with E-state index >= 15 is 0 Å². The van der Waals surface area contributed by atoms with E-state index in [2.05, 4.69) is 0 Å². The number of nitro groups is 1. The maximum Gasteiger partial charge on any atom is 0.269 e. The molecule has 0 aliphatic carbocycles. The molecule has 0 spiro atoms. The predicted octanol–water partition coefficient (Wildman–Crippen LogP) is 0.858. The number of rotatable bonds is 2. The fourth-order valence-corrected chi connectivity index (χ4v) is 1.29. The number of benzene rings is 1. The Morgan fingerprint density at radius 3 is 2.07 bits per heavy atom. The Balaban J connectivity index is 2.42. The largest absolute Gasteiger partial charge is 0.286 e. The van der Waals surface area contributed by atoms with E-state index < -0.39 is 15.8 Å². The molecular weight excluding hydrogens is 198 g/mol. The van der Waals surface area contributed by atoms with Crippen molar-refractivity contribution < 1.29 is 4.92 Å². The molecule has 5 nitrogen and oxygen atoms in total. The molecule has 0 saturated heterocycles. The Hall–Kier alpha value is -2.30. The lowest BCUT2D eigenvalue weighted by molar-refractivity contribution is -0.384. The summed E-state index contributed by atoms with van der Waals surface area (Å²) >= 11 is 0. The molecule has 0 N–H and O–H groups in total. The lowest BCUT2D eigenvalue weighted by Gasteiger charge is -2.00. The first-order chi connectivity index (χ1) is 7.09. The van der Waals surface area contributed by atoms with E-state index in [9.17, 15) is 19.7 Å². The van der Waals surface area contributed by atoms with Crippen LogP contribution in [-0.4, -0.2) is 4.92 Å². The summed E-state index contributed by atoms with van der Waals surface area (Å²) in [5.74, 6) is 0. The molecule has 0 fully saturated rings. The fourth-order valence-electron chi connectivity index (χ4n) is 1.29. The number of nitro benzene ring substituents is 1. The van der Waals surface area contributed by atoms with Gasteiger partial charge in [-0.25, -0.2) is 0 Å². The number of hydrogen-bond donors (Lipinski definition) is 0. The summed E-state index contributed by atoms with van der Waals surface area (Å²) in [7, 11) is 0. The van der Waals surface area contributed by atoms with Gasteiger partial charge in [0.05, 0.1) is 4.92 Å². The van der Waals surface area contributed by atoms with Gasteiger partial charge in [-0.15, -0.1) is 0 Å². The molecule has 0 unspecified atom stereocenters. The van der Waals surface area contributed by atoms with Crippen molar-refractivity contribution in [3.05, 3.63) is 60.9 Å². The molecule has 0 saturated carbocycles. The minimum atomic E-state index is -0.538. The average Bonchev–Trinajstić information content (AvgIpc) is 2.25. The third kappa shape index (κ3) is 1.43. The molecule has 0 bridgehead atoms. The van der Waals surface area contributed by atoms with Gasteiger partial charge in [-0.2, -0.15) is 0 Å². The van der Waals surface area contributed by atoms with E-state index in [-0.39, 0.29) is 5.69 Å². The molecule has 2 aromatic rings. The van der Waals surface area contributed by atoms with Gasteiger partial charge in [-0.1, -0.05) is 0 Å². The first-order valence-corrected chi connectivity index (χ1v) is 4.15. The first-order valence-electron chi connectivity index (χ1n) is 4.15. The van der Waals surface area contributed by atoms with Crippen LogP contribution in [0.3, 0.4) is 0 Å². The van der Waals surface area contributed by atoms with Gasteiger partial charge in [0.15, 0.2) is 0 Å². The van der Waals surface area contributed by atoms with E-state index in [0.29, 0.717) is 11.1 Å². The maximum atomic E-state index is 11.0. The van der Waals surface area contributed by atoms with Gasteiger partial charge in [-0.3, -0.25) is 19.7 Å². The van der Waals surface area contributed by atoms with Gasteiger partial charge >= 0.3 is 0 Å². The van der Waals surface area contributed by atoms with Crippen LogP contribution < -0.4 is 10.9 Å². The molecule has 0 amide bonds. The van der Waals surface area contributed by atoms with E-state index in [1.54, 1.807) is 0 Å². The predicted molar refractivity (Wildman–Crippen MR) is 53.4 cm³/mol. The van der Waals surface area contributed by atoms with Crippen LogP contribution in [-0.2, 0) is 0 Å². The average molecular weight is 203 g/mol. The minimum absolute atomic E-state index is 0.0440. The molecule has 2 rings (SSSR count). The van der Waals surface area contributed by atoms with Gasteiger partial charge in [-0.05, 0) is 17.7 Å². The quantitative estimate of drug-likeness (QED) is 0.412. The molecule has 0 aliphatic heterocycles. The van der Waals surface area contributed by atoms with Crippen LogP contribution in [0.2, 0.25) is 0 Å². The topological polar surface area (TPSA) is 77.3 Å². The molecule has 0 radical (unpaired) electrons. The lowest BCUT2D eigenvalue weighted by atomic mass is 10.0. The van der Waals surface area contributed by atoms with Crippen LogP contribution in [0.15, 0.2) is 39.9 Å². The van der Waals surface area contributed by atoms with Gasteiger partial charge in [0, 0.05) is 23.8 Å². The van der Waals surface area contributed by atoms with Crippen molar-refractivity contribution >= 4 is 5.69 Å². The highest BCUT2D eigenvalue weighted by Gasteiger charge is 2.12. The van der Waals surface area contributed by atoms with E-state index in [1.165, 1.54) is 30.3 Å². The Bertz CT molecular complexity index is 590. The van der Waals surface area contributed by atoms with Crippen LogP contribution in [0, 0.1) is 10.1 Å². The van der Waals surface area contributed by atoms with Crippen molar-refractivity contribution in [2.24, 2.45) is 0 Å². The summed E-state index contributed by atoms with van der Waals surface area (Å²) in [5, 5.41) is 10.4. The van der Waals surface area contributed by atoms with Crippen molar-refractivity contribution in [1.82, 2.24) is 0 Å². The zero-order valence-electron chi connectivity index (χ0n) is 7.47. The van der Waals surface area contributed by atoms with E-state index in [0.717, 1.165) is 0 Å². The first kappa shape index (κ1) is 9.26. The van der Waals surface area contributed by atoms with Crippen molar-refractivity contribution in [2.45, 2.75) is 0 Å². The van der Waals surface area contributed by atoms with E-state index in [4.69, 9.17) is 0 Å². The monoisotopic (exact) mass is 203 g/mol. The summed E-state index contributed by atoms with van der Waals surface area (Å²) in [5.41, 5.74) is -0.259. The molecular formula is C10H5NO4. The standard InChI is InChI=1S/C10H5NO4/c12-9-5-8(10(9)13)6-1-3-7(4-2-6)11(14)15/h1-5H. The van der Waals surface area contributed by atoms with Gasteiger partial charge in [0.1, 0.15) is 0 Å². The molecule has 0 heterocycles. The minimum Gasteiger partial charge on any atom is -0.286 e. The second-order valence-corrected chi connectivity index (χ2v) is 3.06. The van der Waals surface area contributed by atoms with Crippen molar-refractivity contribution in [3.8, 4) is 11.1 Å². The molecule has 15 heavy (non-hydrogen) atoms. The Morgan fingerprint density at radius 1 is 1.07 bits per heavy atom. The van der Waals surface area contributed by atoms with Gasteiger partial charge in [0.2, 0.25) is 10.9 Å². The normalized spacial score (nSPS) is 10.4. The second-order valence-electron chi connectivity index (χ2n) is 3.06. The second kappa shape index (κ2) is 3.13. The zero-order chi connectivity index (χ0) is 11.0.